The Morgan fingerprint density at radius 2 is 1.89 bits per heavy atom. The summed E-state index contributed by atoms with van der Waals surface area (Å²) in [6.45, 7) is 3.36. The first kappa shape index (κ1) is 22.0. The molecule has 0 bridgehead atoms. The molecule has 1 N–H and O–H groups in total. The van der Waals surface area contributed by atoms with E-state index in [1.165, 1.54) is 24.0 Å². The Labute approximate surface area is 205 Å². The van der Waals surface area contributed by atoms with Crippen LogP contribution in [0, 0.1) is 12.8 Å². The zero-order valence-electron chi connectivity index (χ0n) is 20.2. The Kier molecular flexibility index (Phi) is 5.63. The largest absolute Gasteiger partial charge is 0.326 e. The third kappa shape index (κ3) is 4.03. The SMILES string of the molecule is Cc1c(NC(=O)C2CC(=O)N(c3ccc4c(c3)CCC4)C2)cccc1-c1nnc2n1CCCCC2. The monoisotopic (exact) mass is 469 g/mol. The Balaban J connectivity index is 1.20. The number of fused-ring (bicyclic) bond motifs is 2. The third-order valence-corrected chi connectivity index (χ3v) is 7.83. The predicted octanol–water partition coefficient (Wildman–Crippen LogP) is 4.46. The number of aryl methyl sites for hydroxylation is 3. The minimum absolute atomic E-state index is 0.0136. The zero-order chi connectivity index (χ0) is 23.9. The quantitative estimate of drug-likeness (QED) is 0.612. The lowest BCUT2D eigenvalue weighted by atomic mass is 10.0. The van der Waals surface area contributed by atoms with Crippen LogP contribution in [0.4, 0.5) is 11.4 Å². The van der Waals surface area contributed by atoms with Crippen LogP contribution in [0.2, 0.25) is 0 Å². The molecule has 7 heteroatoms. The normalized spacial score (nSPS) is 19.4. The summed E-state index contributed by atoms with van der Waals surface area (Å²) in [6, 6.07) is 12.2. The summed E-state index contributed by atoms with van der Waals surface area (Å²) < 4.78 is 2.23. The van der Waals surface area contributed by atoms with Crippen LogP contribution in [0.3, 0.4) is 0 Å². The van der Waals surface area contributed by atoms with Crippen LogP contribution in [0.1, 0.15) is 54.6 Å². The summed E-state index contributed by atoms with van der Waals surface area (Å²) in [5.41, 5.74) is 6.36. The molecule has 1 aromatic heterocycles. The van der Waals surface area contributed by atoms with Crippen molar-refractivity contribution >= 4 is 23.2 Å². The summed E-state index contributed by atoms with van der Waals surface area (Å²) in [5, 5.41) is 12.0. The van der Waals surface area contributed by atoms with E-state index in [-0.39, 0.29) is 24.2 Å². The Bertz CT molecular complexity index is 1310. The standard InChI is InChI=1S/C28H31N5O2/c1-18-23(27-31-30-25-11-3-2-4-14-32(25)27)9-6-10-24(18)29-28(35)21-16-26(34)33(17-21)22-13-12-19-7-5-8-20(19)15-22/h6,9-10,12-13,15,21H,2-5,7-8,11,14,16-17H2,1H3,(H,29,35). The summed E-state index contributed by atoms with van der Waals surface area (Å²) in [7, 11) is 0. The average Bonchev–Trinajstić information content (AvgIpc) is 3.55. The lowest BCUT2D eigenvalue weighted by molar-refractivity contribution is -0.122. The molecule has 2 aromatic carbocycles. The number of hydrogen-bond donors (Lipinski definition) is 1. The summed E-state index contributed by atoms with van der Waals surface area (Å²) in [6.07, 6.45) is 8.04. The highest BCUT2D eigenvalue weighted by molar-refractivity contribution is 6.04. The van der Waals surface area contributed by atoms with E-state index in [1.807, 2.05) is 31.2 Å². The van der Waals surface area contributed by atoms with Crippen molar-refractivity contribution in [3.8, 4) is 11.4 Å². The van der Waals surface area contributed by atoms with E-state index >= 15 is 0 Å². The molecule has 0 saturated carbocycles. The van der Waals surface area contributed by atoms with Gasteiger partial charge in [-0.05, 0) is 73.9 Å². The van der Waals surface area contributed by atoms with Crippen molar-refractivity contribution in [1.29, 1.82) is 0 Å². The number of anilines is 2. The second-order valence-electron chi connectivity index (χ2n) is 10.1. The first-order valence-electron chi connectivity index (χ1n) is 12.8. The van der Waals surface area contributed by atoms with Crippen molar-refractivity contribution in [2.75, 3.05) is 16.8 Å². The highest BCUT2D eigenvalue weighted by atomic mass is 16.2. The smallest absolute Gasteiger partial charge is 0.229 e. The number of benzene rings is 2. The lowest BCUT2D eigenvalue weighted by Gasteiger charge is -2.18. The molecule has 7 nitrogen and oxygen atoms in total. The van der Waals surface area contributed by atoms with Gasteiger partial charge < -0.3 is 14.8 Å². The predicted molar refractivity (Wildman–Crippen MR) is 135 cm³/mol. The second-order valence-corrected chi connectivity index (χ2v) is 10.1. The molecule has 0 spiro atoms. The summed E-state index contributed by atoms with van der Waals surface area (Å²) >= 11 is 0. The molecule has 3 heterocycles. The number of nitrogens with zero attached hydrogens (tertiary/aromatic N) is 4. The number of rotatable bonds is 4. The van der Waals surface area contributed by atoms with E-state index in [0.717, 1.165) is 72.8 Å². The molecule has 3 aromatic rings. The van der Waals surface area contributed by atoms with Gasteiger partial charge in [-0.3, -0.25) is 9.59 Å². The zero-order valence-corrected chi connectivity index (χ0v) is 20.2. The molecular formula is C28H31N5O2. The van der Waals surface area contributed by atoms with Crippen molar-refractivity contribution in [1.82, 2.24) is 14.8 Å². The average molecular weight is 470 g/mol. The maximum Gasteiger partial charge on any atom is 0.229 e. The molecule has 2 amide bonds. The number of carbonyl (C=O) groups is 2. The maximum absolute atomic E-state index is 13.2. The van der Waals surface area contributed by atoms with Gasteiger partial charge in [-0.15, -0.1) is 10.2 Å². The molecule has 2 aliphatic heterocycles. The van der Waals surface area contributed by atoms with Gasteiger partial charge in [0.2, 0.25) is 11.8 Å². The molecule has 180 valence electrons. The Morgan fingerprint density at radius 1 is 1.00 bits per heavy atom. The van der Waals surface area contributed by atoms with Crippen molar-refractivity contribution in [3.63, 3.8) is 0 Å². The minimum Gasteiger partial charge on any atom is -0.326 e. The van der Waals surface area contributed by atoms with Gasteiger partial charge in [-0.1, -0.05) is 24.6 Å². The first-order valence-corrected chi connectivity index (χ1v) is 12.8. The fraction of sp³-hybridized carbons (Fsp3) is 0.429. The van der Waals surface area contributed by atoms with Crippen molar-refractivity contribution in [3.05, 3.63) is 58.9 Å². The molecule has 1 unspecified atom stereocenters. The van der Waals surface area contributed by atoms with E-state index in [2.05, 4.69) is 32.2 Å². The fourth-order valence-corrected chi connectivity index (χ4v) is 5.79. The highest BCUT2D eigenvalue weighted by Gasteiger charge is 2.35. The van der Waals surface area contributed by atoms with Crippen LogP contribution in [0.25, 0.3) is 11.4 Å². The highest BCUT2D eigenvalue weighted by Crippen LogP contribution is 2.33. The van der Waals surface area contributed by atoms with Gasteiger partial charge in [0.1, 0.15) is 5.82 Å². The molecule has 35 heavy (non-hydrogen) atoms. The van der Waals surface area contributed by atoms with Gasteiger partial charge in [0.15, 0.2) is 5.82 Å². The molecule has 1 aliphatic carbocycles. The molecule has 1 saturated heterocycles. The number of aromatic nitrogens is 3. The van der Waals surface area contributed by atoms with Crippen LogP contribution in [-0.2, 0) is 35.4 Å². The van der Waals surface area contributed by atoms with Gasteiger partial charge in [0, 0.05) is 42.9 Å². The van der Waals surface area contributed by atoms with Crippen molar-refractivity contribution in [2.24, 2.45) is 5.92 Å². The van der Waals surface area contributed by atoms with E-state index in [0.29, 0.717) is 6.54 Å². The van der Waals surface area contributed by atoms with Crippen LogP contribution in [-0.4, -0.2) is 33.1 Å². The topological polar surface area (TPSA) is 80.1 Å². The van der Waals surface area contributed by atoms with E-state index in [9.17, 15) is 9.59 Å². The third-order valence-electron chi connectivity index (χ3n) is 7.83. The Morgan fingerprint density at radius 3 is 2.80 bits per heavy atom. The van der Waals surface area contributed by atoms with Crippen molar-refractivity contribution < 1.29 is 9.59 Å². The van der Waals surface area contributed by atoms with E-state index < -0.39 is 0 Å². The molecule has 0 radical (unpaired) electrons. The maximum atomic E-state index is 13.2. The van der Waals surface area contributed by atoms with Crippen LogP contribution in [0.5, 0.6) is 0 Å². The van der Waals surface area contributed by atoms with Gasteiger partial charge in [0.05, 0.1) is 5.92 Å². The van der Waals surface area contributed by atoms with Crippen molar-refractivity contribution in [2.45, 2.75) is 64.8 Å². The Hall–Kier alpha value is -3.48. The van der Waals surface area contributed by atoms with E-state index in [4.69, 9.17) is 0 Å². The molecule has 1 fully saturated rings. The molecule has 6 rings (SSSR count). The molecule has 1 atom stereocenters. The van der Waals surface area contributed by atoms with Crippen LogP contribution in [0.15, 0.2) is 36.4 Å². The van der Waals surface area contributed by atoms with Gasteiger partial charge in [0.25, 0.3) is 0 Å². The lowest BCUT2D eigenvalue weighted by Crippen LogP contribution is -2.28. The van der Waals surface area contributed by atoms with Gasteiger partial charge in [-0.25, -0.2) is 0 Å². The first-order chi connectivity index (χ1) is 17.1. The number of nitrogens with one attached hydrogen (secondary N) is 1. The summed E-state index contributed by atoms with van der Waals surface area (Å²) in [4.78, 5) is 27.8. The van der Waals surface area contributed by atoms with Gasteiger partial charge in [-0.2, -0.15) is 0 Å². The second kappa shape index (κ2) is 8.95. The molecule has 3 aliphatic rings. The number of carbonyl (C=O) groups excluding carboxylic acids is 2. The fourth-order valence-electron chi connectivity index (χ4n) is 5.79. The van der Waals surface area contributed by atoms with Crippen LogP contribution >= 0.6 is 0 Å². The number of amides is 2. The van der Waals surface area contributed by atoms with E-state index in [1.54, 1.807) is 4.90 Å². The molecular weight excluding hydrogens is 438 g/mol. The summed E-state index contributed by atoms with van der Waals surface area (Å²) in [5.74, 6) is 1.45. The van der Waals surface area contributed by atoms with Crippen LogP contribution < -0.4 is 10.2 Å². The minimum atomic E-state index is -0.372. The van der Waals surface area contributed by atoms with Gasteiger partial charge >= 0.3 is 0 Å². The number of hydrogen-bond acceptors (Lipinski definition) is 4.